The quantitative estimate of drug-likeness (QED) is 0.0266. The van der Waals surface area contributed by atoms with Crippen molar-refractivity contribution in [1.29, 1.82) is 0 Å². The van der Waals surface area contributed by atoms with Crippen LogP contribution in [0.25, 0.3) is 10.9 Å². The number of H-pyrrole nitrogens is 1. The Hall–Kier alpha value is -7.62. The van der Waals surface area contributed by atoms with E-state index in [1.807, 2.05) is 23.6 Å². The Kier molecular flexibility index (Phi) is 31.7. The van der Waals surface area contributed by atoms with Crippen molar-refractivity contribution >= 4 is 68.4 Å². The van der Waals surface area contributed by atoms with Crippen LogP contribution in [0, 0.1) is 13.8 Å². The summed E-state index contributed by atoms with van der Waals surface area (Å²) in [5, 5.41) is 43.2. The lowest BCUT2D eigenvalue weighted by Gasteiger charge is -2.33. The molecule has 31 heteroatoms. The van der Waals surface area contributed by atoms with Crippen molar-refractivity contribution in [3.63, 3.8) is 0 Å². The molecule has 0 radical (unpaired) electrons. The lowest BCUT2D eigenvalue weighted by molar-refractivity contribution is -0.140. The zero-order valence-corrected chi connectivity index (χ0v) is 53.5. The maximum Gasteiger partial charge on any atom is 0.323 e. The molecule has 1 aliphatic heterocycles. The van der Waals surface area contributed by atoms with Gasteiger partial charge in [0.25, 0.3) is 5.91 Å². The van der Waals surface area contributed by atoms with Gasteiger partial charge in [0.05, 0.1) is 63.1 Å². The van der Waals surface area contributed by atoms with Crippen molar-refractivity contribution in [3.05, 3.63) is 81.4 Å². The van der Waals surface area contributed by atoms with Crippen molar-refractivity contribution in [2.24, 2.45) is 7.05 Å². The molecule has 1 aliphatic rings. The number of fused-ring (bicyclic) bond motifs is 1. The molecule has 30 nitrogen and oxygen atoms in total. The number of aromatic nitrogens is 3. The van der Waals surface area contributed by atoms with Gasteiger partial charge in [-0.2, -0.15) is 4.72 Å². The van der Waals surface area contributed by atoms with E-state index in [4.69, 9.17) is 18.9 Å². The largest absolute Gasteiger partial charge is 0.494 e. The van der Waals surface area contributed by atoms with E-state index in [1.165, 1.54) is 32.2 Å². The van der Waals surface area contributed by atoms with Gasteiger partial charge in [-0.25, -0.2) is 13.4 Å². The van der Waals surface area contributed by atoms with Gasteiger partial charge in [-0.05, 0) is 87.0 Å². The predicted molar refractivity (Wildman–Crippen MR) is 336 cm³/mol. The number of carbonyl (C=O) groups is 7. The zero-order chi connectivity index (χ0) is 66.3. The number of imidazole rings is 1. The summed E-state index contributed by atoms with van der Waals surface area (Å²) in [5.41, 5.74) is 1.09. The second kappa shape index (κ2) is 38.9. The van der Waals surface area contributed by atoms with Crippen LogP contribution in [0.4, 0.5) is 5.95 Å². The van der Waals surface area contributed by atoms with Crippen LogP contribution >= 0.6 is 0 Å². The normalized spacial score (nSPS) is 14.8. The number of aliphatic carboxylic acids is 3. The first-order valence-corrected chi connectivity index (χ1v) is 32.1. The molecule has 2 aromatic carbocycles. The van der Waals surface area contributed by atoms with Gasteiger partial charge < -0.3 is 75.3 Å². The third-order valence-corrected chi connectivity index (χ3v) is 16.6. The number of hydrogen-bond acceptors (Lipinski definition) is 20. The second-order valence-electron chi connectivity index (χ2n) is 21.9. The number of anilines is 1. The lowest BCUT2D eigenvalue weighted by Crippen LogP contribution is -2.52. The highest BCUT2D eigenvalue weighted by molar-refractivity contribution is 7.89. The Bertz CT molecular complexity index is 3160. The molecule has 1 fully saturated rings. The summed E-state index contributed by atoms with van der Waals surface area (Å²) < 4.78 is 53.7. The van der Waals surface area contributed by atoms with Crippen molar-refractivity contribution in [2.45, 2.75) is 83.3 Å². The van der Waals surface area contributed by atoms with Gasteiger partial charge in [0.15, 0.2) is 5.95 Å². The molecule has 10 N–H and O–H groups in total. The van der Waals surface area contributed by atoms with E-state index in [9.17, 15) is 62.1 Å². The molecule has 5 rings (SSSR count). The number of nitrogens with zero attached hydrogens (tertiary/aromatic N) is 6. The van der Waals surface area contributed by atoms with Crippen molar-refractivity contribution in [3.8, 4) is 5.75 Å². The van der Waals surface area contributed by atoms with Gasteiger partial charge in [0.2, 0.25) is 33.2 Å². The first-order chi connectivity index (χ1) is 43.6. The minimum atomic E-state index is -4.46. The smallest absolute Gasteiger partial charge is 0.323 e. The molecular formula is C60H91N13O17S. The third kappa shape index (κ3) is 26.3. The molecule has 91 heavy (non-hydrogen) atoms. The van der Waals surface area contributed by atoms with Crippen LogP contribution in [0.2, 0.25) is 0 Å². The SMILES string of the molecule is CC[C@@H](NC(=O)CN1CCN(CC)CCN(CC(=O)O)CCN(CC(=O)O)CC1)C(=O)NCCCOCCOCCOCCCNC(=O)CCCOc1cc(C)c(S(=O)(=O)NC(CNC(=O)c2cn(C)c3cc(CNc4ncc[nH]4)ccc3c2=O)C(=O)O)c(C)c1. The fourth-order valence-electron chi connectivity index (χ4n) is 9.99. The van der Waals surface area contributed by atoms with Crippen LogP contribution < -0.4 is 41.5 Å². The number of benzene rings is 2. The van der Waals surface area contributed by atoms with E-state index in [0.29, 0.717) is 155 Å². The first kappa shape index (κ1) is 74.1. The van der Waals surface area contributed by atoms with Gasteiger partial charge in [0, 0.05) is 129 Å². The summed E-state index contributed by atoms with van der Waals surface area (Å²) in [6, 6.07) is 5.58. The minimum Gasteiger partial charge on any atom is -0.494 e. The summed E-state index contributed by atoms with van der Waals surface area (Å²) in [5.74, 6) is -4.26. The van der Waals surface area contributed by atoms with Crippen molar-refractivity contribution in [1.82, 2.24) is 60.1 Å². The molecule has 0 saturated carbocycles. The summed E-state index contributed by atoms with van der Waals surface area (Å²) in [6.07, 6.45) is 6.66. The number of likely N-dealkylation sites (N-methyl/N-ethyl adjacent to an activating group) is 1. The van der Waals surface area contributed by atoms with Crippen LogP contribution in [0.15, 0.2) is 58.6 Å². The monoisotopic (exact) mass is 1300 g/mol. The van der Waals surface area contributed by atoms with Crippen LogP contribution in [0.5, 0.6) is 5.75 Å². The lowest BCUT2D eigenvalue weighted by atomic mass is 10.1. The maximum atomic E-state index is 13.6. The average molecular weight is 1300 g/mol. The predicted octanol–water partition coefficient (Wildman–Crippen LogP) is 0.179. The minimum absolute atomic E-state index is 0.0235. The number of pyridine rings is 1. The number of aryl methyl sites for hydroxylation is 3. The number of amides is 4. The number of carbonyl (C=O) groups excluding carboxylic acids is 4. The number of carboxylic acid groups (broad SMARTS) is 3. The molecule has 0 aliphatic carbocycles. The highest BCUT2D eigenvalue weighted by Crippen LogP contribution is 2.26. The van der Waals surface area contributed by atoms with Gasteiger partial charge in [-0.15, -0.1) is 0 Å². The molecule has 2 aromatic heterocycles. The fourth-order valence-corrected chi connectivity index (χ4v) is 11.6. The molecule has 3 heterocycles. The van der Waals surface area contributed by atoms with Crippen molar-refractivity contribution < 1.29 is 76.2 Å². The van der Waals surface area contributed by atoms with E-state index in [0.717, 1.165) is 12.1 Å². The molecule has 4 aromatic rings. The molecule has 504 valence electrons. The molecule has 0 spiro atoms. The summed E-state index contributed by atoms with van der Waals surface area (Å²) >= 11 is 0. The molecule has 4 amide bonds. The first-order valence-electron chi connectivity index (χ1n) is 30.6. The number of aromatic amines is 1. The Morgan fingerprint density at radius 2 is 1.26 bits per heavy atom. The van der Waals surface area contributed by atoms with E-state index in [1.54, 1.807) is 47.1 Å². The summed E-state index contributed by atoms with van der Waals surface area (Å²) in [6.45, 7) is 13.9. The summed E-state index contributed by atoms with van der Waals surface area (Å²) in [4.78, 5) is 115. The number of carboxylic acids is 3. The number of rotatable bonds is 39. The molecule has 1 saturated heterocycles. The number of ether oxygens (including phenoxy) is 4. The number of nitrogens with one attached hydrogen (secondary N) is 7. The highest BCUT2D eigenvalue weighted by Gasteiger charge is 2.30. The van der Waals surface area contributed by atoms with E-state index < -0.39 is 57.9 Å². The summed E-state index contributed by atoms with van der Waals surface area (Å²) in [7, 11) is -2.80. The van der Waals surface area contributed by atoms with E-state index >= 15 is 0 Å². The number of sulfonamides is 1. The Morgan fingerprint density at radius 1 is 0.692 bits per heavy atom. The topological polar surface area (TPSA) is 387 Å². The third-order valence-electron chi connectivity index (χ3n) is 14.9. The molecule has 1 unspecified atom stereocenters. The van der Waals surface area contributed by atoms with E-state index in [2.05, 4.69) is 46.2 Å². The number of hydrogen-bond donors (Lipinski definition) is 10. The van der Waals surface area contributed by atoms with Gasteiger partial charge in [-0.3, -0.25) is 53.1 Å². The van der Waals surface area contributed by atoms with E-state index in [-0.39, 0.29) is 77.4 Å². The maximum absolute atomic E-state index is 13.6. The fraction of sp³-hybridized carbons (Fsp3) is 0.583. The van der Waals surface area contributed by atoms with Crippen LogP contribution in [0.3, 0.4) is 0 Å². The zero-order valence-electron chi connectivity index (χ0n) is 52.7. The second-order valence-corrected chi connectivity index (χ2v) is 23.6. The molecule has 2 atom stereocenters. The average Bonchev–Trinajstić information content (AvgIpc) is 1.26. The van der Waals surface area contributed by atoms with Crippen LogP contribution in [-0.4, -0.2) is 256 Å². The van der Waals surface area contributed by atoms with Crippen LogP contribution in [0.1, 0.15) is 73.0 Å². The molecule has 0 bridgehead atoms. The van der Waals surface area contributed by atoms with Gasteiger partial charge in [0.1, 0.15) is 23.4 Å². The standard InChI is InChI=1S/C60H91N13O17S/c1-6-48(67-52(75)39-71-20-18-70(7-2)19-21-72(40-53(76)77)24-25-73(23-22-71)41-54(78)79)58(82)62-15-10-27-88-30-32-89-31-29-87-26-9-14-61-51(74)11-8-28-90-45-33-42(3)56(43(4)34-45)91(85,86)68-49(59(83)84)37-65-57(81)47-38-69(5)50-35-44(12-13-46(50)55(47)80)36-66-60-63-16-17-64-60/h12-13,16-17,33-35,38,48-49,68H,6-11,14-15,18-32,36-37,39-41H2,1-5H3,(H,61,74)(H,62,82)(H,65,81)(H,67,75)(H,76,77)(H,78,79)(H,83,84)(H2,63,64,66)/t48-,49?/m1/s1. The Morgan fingerprint density at radius 3 is 1.81 bits per heavy atom. The highest BCUT2D eigenvalue weighted by atomic mass is 32.2. The Balaban J connectivity index is 0.885. The molecular weight excluding hydrogens is 1210 g/mol. The Labute approximate surface area is 530 Å². The van der Waals surface area contributed by atoms with Gasteiger partial charge >= 0.3 is 17.9 Å². The van der Waals surface area contributed by atoms with Gasteiger partial charge in [-0.1, -0.05) is 19.9 Å². The van der Waals surface area contributed by atoms with Crippen LogP contribution in [-0.2, 0) is 66.6 Å². The van der Waals surface area contributed by atoms with Crippen molar-refractivity contribution in [2.75, 3.05) is 150 Å².